The molecule has 0 aliphatic carbocycles. The first-order chi connectivity index (χ1) is 10.1. The minimum atomic E-state index is -0.131. The van der Waals surface area contributed by atoms with E-state index >= 15 is 0 Å². The van der Waals surface area contributed by atoms with Gasteiger partial charge in [0.1, 0.15) is 6.10 Å². The molecule has 1 aliphatic heterocycles. The minimum Gasteiger partial charge on any atom is -0.462 e. The molecule has 0 aromatic heterocycles. The number of carbonyl (C=O) groups excluding carboxylic acids is 1. The van der Waals surface area contributed by atoms with Gasteiger partial charge in [-0.3, -0.25) is 4.79 Å². The van der Waals surface area contributed by atoms with E-state index in [9.17, 15) is 4.79 Å². The Bertz CT molecular complexity index is 478. The van der Waals surface area contributed by atoms with Crippen LogP contribution < -0.4 is 0 Å². The van der Waals surface area contributed by atoms with Crippen molar-refractivity contribution in [1.82, 2.24) is 0 Å². The maximum absolute atomic E-state index is 11.7. The van der Waals surface area contributed by atoms with Crippen molar-refractivity contribution in [2.45, 2.75) is 45.8 Å². The van der Waals surface area contributed by atoms with E-state index in [1.54, 1.807) is 0 Å². The van der Waals surface area contributed by atoms with E-state index in [0.29, 0.717) is 19.6 Å². The van der Waals surface area contributed by atoms with Crippen molar-refractivity contribution in [3.05, 3.63) is 47.5 Å². The van der Waals surface area contributed by atoms with Crippen molar-refractivity contribution in [1.29, 1.82) is 0 Å². The second-order valence-electron chi connectivity index (χ2n) is 5.80. The molecule has 0 unspecified atom stereocenters. The van der Waals surface area contributed by atoms with E-state index in [2.05, 4.69) is 26.0 Å². The molecule has 114 valence electrons. The molecular formula is C18H24O3. The summed E-state index contributed by atoms with van der Waals surface area (Å²) in [6, 6.07) is 10.1. The largest absolute Gasteiger partial charge is 0.462 e. The highest BCUT2D eigenvalue weighted by molar-refractivity contribution is 5.71. The molecule has 0 spiro atoms. The second kappa shape index (κ2) is 7.99. The normalized spacial score (nSPS) is 23.4. The van der Waals surface area contributed by atoms with Gasteiger partial charge < -0.3 is 9.47 Å². The van der Waals surface area contributed by atoms with Crippen LogP contribution in [0.2, 0.25) is 0 Å². The molecule has 3 heteroatoms. The number of allylic oxidation sites excluding steroid dienone is 1. The number of cyclic esters (lactones) is 1. The second-order valence-corrected chi connectivity index (χ2v) is 5.80. The summed E-state index contributed by atoms with van der Waals surface area (Å²) in [4.78, 5) is 11.7. The van der Waals surface area contributed by atoms with Gasteiger partial charge in [0.05, 0.1) is 19.6 Å². The fraction of sp³-hybridized carbons (Fsp3) is 0.500. The van der Waals surface area contributed by atoms with Crippen molar-refractivity contribution in [2.24, 2.45) is 5.92 Å². The van der Waals surface area contributed by atoms with Crippen LogP contribution in [0.15, 0.2) is 42.0 Å². The molecule has 3 nitrogen and oxygen atoms in total. The van der Waals surface area contributed by atoms with Crippen molar-refractivity contribution in [3.63, 3.8) is 0 Å². The van der Waals surface area contributed by atoms with E-state index in [1.807, 2.05) is 24.3 Å². The molecule has 0 fully saturated rings. The van der Waals surface area contributed by atoms with E-state index in [1.165, 1.54) is 5.57 Å². The lowest BCUT2D eigenvalue weighted by Crippen LogP contribution is -2.29. The van der Waals surface area contributed by atoms with Crippen LogP contribution in [-0.2, 0) is 20.9 Å². The number of hydrogen-bond acceptors (Lipinski definition) is 3. The first-order valence-corrected chi connectivity index (χ1v) is 7.62. The lowest BCUT2D eigenvalue weighted by Gasteiger charge is -2.25. The van der Waals surface area contributed by atoms with Gasteiger partial charge in [0.25, 0.3) is 0 Å². The fourth-order valence-corrected chi connectivity index (χ4v) is 2.45. The van der Waals surface area contributed by atoms with Gasteiger partial charge >= 0.3 is 5.97 Å². The third-order valence-electron chi connectivity index (χ3n) is 3.85. The molecule has 2 atom stereocenters. The number of hydrogen-bond donors (Lipinski definition) is 0. The minimum absolute atomic E-state index is 0.0445. The Labute approximate surface area is 127 Å². The van der Waals surface area contributed by atoms with Crippen molar-refractivity contribution >= 4 is 5.97 Å². The van der Waals surface area contributed by atoms with Crippen LogP contribution in [-0.4, -0.2) is 18.7 Å². The Morgan fingerprint density at radius 2 is 2.10 bits per heavy atom. The molecule has 0 saturated carbocycles. The van der Waals surface area contributed by atoms with Gasteiger partial charge in [-0.05, 0) is 25.3 Å². The molecule has 1 aliphatic rings. The Balaban J connectivity index is 1.80. The maximum Gasteiger partial charge on any atom is 0.309 e. The molecule has 2 rings (SSSR count). The van der Waals surface area contributed by atoms with Crippen molar-refractivity contribution < 1.29 is 14.3 Å². The van der Waals surface area contributed by atoms with Crippen LogP contribution in [0, 0.1) is 5.92 Å². The summed E-state index contributed by atoms with van der Waals surface area (Å²) >= 11 is 0. The zero-order chi connectivity index (χ0) is 15.1. The smallest absolute Gasteiger partial charge is 0.309 e. The van der Waals surface area contributed by atoms with Gasteiger partial charge in [-0.15, -0.1) is 0 Å². The van der Waals surface area contributed by atoms with Gasteiger partial charge in [0.2, 0.25) is 0 Å². The first-order valence-electron chi connectivity index (χ1n) is 7.62. The van der Waals surface area contributed by atoms with Crippen LogP contribution in [0.1, 0.15) is 38.7 Å². The zero-order valence-electron chi connectivity index (χ0n) is 12.9. The molecule has 21 heavy (non-hydrogen) atoms. The molecule has 1 aromatic rings. The number of carbonyl (C=O) groups is 1. The Kier molecular flexibility index (Phi) is 6.00. The topological polar surface area (TPSA) is 35.5 Å². The lowest BCUT2D eigenvalue weighted by molar-refractivity contribution is -0.152. The third-order valence-corrected chi connectivity index (χ3v) is 3.85. The van der Waals surface area contributed by atoms with Crippen molar-refractivity contribution in [2.75, 3.05) is 6.61 Å². The highest BCUT2D eigenvalue weighted by Gasteiger charge is 2.23. The van der Waals surface area contributed by atoms with Crippen molar-refractivity contribution in [3.8, 4) is 0 Å². The summed E-state index contributed by atoms with van der Waals surface area (Å²) < 4.78 is 11.3. The number of esters is 1. The maximum atomic E-state index is 11.7. The monoisotopic (exact) mass is 288 g/mol. The summed E-state index contributed by atoms with van der Waals surface area (Å²) in [5, 5.41) is 0. The van der Waals surface area contributed by atoms with E-state index < -0.39 is 0 Å². The van der Waals surface area contributed by atoms with Gasteiger partial charge in [0.15, 0.2) is 0 Å². The molecule has 0 amide bonds. The predicted molar refractivity (Wildman–Crippen MR) is 82.8 cm³/mol. The number of ether oxygens (including phenoxy) is 2. The third kappa shape index (κ3) is 5.35. The number of benzene rings is 1. The number of rotatable bonds is 5. The molecule has 0 saturated heterocycles. The van der Waals surface area contributed by atoms with Gasteiger partial charge in [0, 0.05) is 5.92 Å². The Hall–Kier alpha value is -1.61. The summed E-state index contributed by atoms with van der Waals surface area (Å²) in [5.74, 6) is 0.0810. The van der Waals surface area contributed by atoms with Gasteiger partial charge in [-0.2, -0.15) is 0 Å². The predicted octanol–water partition coefficient (Wildman–Crippen LogP) is 3.88. The van der Waals surface area contributed by atoms with Crippen LogP contribution in [0.3, 0.4) is 0 Å². The van der Waals surface area contributed by atoms with Crippen LogP contribution in [0.25, 0.3) is 0 Å². The molecular weight excluding hydrogens is 264 g/mol. The van der Waals surface area contributed by atoms with Crippen LogP contribution in [0.5, 0.6) is 0 Å². The average Bonchev–Trinajstić information content (AvgIpc) is 2.48. The molecule has 0 bridgehead atoms. The summed E-state index contributed by atoms with van der Waals surface area (Å²) in [6.45, 7) is 5.37. The molecule has 1 aromatic carbocycles. The van der Waals surface area contributed by atoms with Gasteiger partial charge in [-0.1, -0.05) is 48.9 Å². The summed E-state index contributed by atoms with van der Waals surface area (Å²) in [5.41, 5.74) is 2.44. The SMILES string of the molecule is C/C1=C/CC(=O)O[C@H]([C@H](C)COCc2ccccc2)CC1. The average molecular weight is 288 g/mol. The first kappa shape index (κ1) is 15.8. The van der Waals surface area contributed by atoms with E-state index in [0.717, 1.165) is 18.4 Å². The lowest BCUT2D eigenvalue weighted by atomic mass is 9.97. The molecule has 0 N–H and O–H groups in total. The van der Waals surface area contributed by atoms with Crippen LogP contribution >= 0.6 is 0 Å². The standard InChI is InChI=1S/C18H24O3/c1-14-8-10-17(21-18(19)11-9-14)15(2)12-20-13-16-6-4-3-5-7-16/h3-7,9,15,17H,8,10-13H2,1-2H3/b14-9-/t15-,17+/m1/s1. The van der Waals surface area contributed by atoms with E-state index in [-0.39, 0.29) is 18.0 Å². The fourth-order valence-electron chi connectivity index (χ4n) is 2.45. The van der Waals surface area contributed by atoms with Gasteiger partial charge in [-0.25, -0.2) is 0 Å². The molecule has 0 radical (unpaired) electrons. The highest BCUT2D eigenvalue weighted by atomic mass is 16.5. The summed E-state index contributed by atoms with van der Waals surface area (Å²) in [6.07, 6.45) is 4.18. The molecule has 1 heterocycles. The quantitative estimate of drug-likeness (QED) is 0.609. The zero-order valence-corrected chi connectivity index (χ0v) is 12.9. The van der Waals surface area contributed by atoms with E-state index in [4.69, 9.17) is 9.47 Å². The Morgan fingerprint density at radius 3 is 2.86 bits per heavy atom. The Morgan fingerprint density at radius 1 is 1.33 bits per heavy atom. The summed E-state index contributed by atoms with van der Waals surface area (Å²) in [7, 11) is 0. The van der Waals surface area contributed by atoms with Crippen LogP contribution in [0.4, 0.5) is 0 Å². The highest BCUT2D eigenvalue weighted by Crippen LogP contribution is 2.21.